The molecule has 0 aliphatic heterocycles. The second-order valence-corrected chi connectivity index (χ2v) is 5.21. The molecule has 0 spiro atoms. The molecule has 0 N–H and O–H groups in total. The summed E-state index contributed by atoms with van der Waals surface area (Å²) in [6.45, 7) is 4.07. The number of rotatable bonds is 8. The molecule has 20 heavy (non-hydrogen) atoms. The first-order valence-corrected chi connectivity index (χ1v) is 7.30. The van der Waals surface area contributed by atoms with E-state index in [2.05, 4.69) is 6.92 Å². The SMILES string of the molecule is CCCCCCCCn1cc(C(C)=O)c(=O)n(C)c1=O. The molecule has 1 rings (SSSR count). The lowest BCUT2D eigenvalue weighted by atomic mass is 10.1. The normalized spacial score (nSPS) is 10.8. The van der Waals surface area contributed by atoms with Crippen LogP contribution in [-0.4, -0.2) is 14.9 Å². The maximum Gasteiger partial charge on any atom is 0.330 e. The first kappa shape index (κ1) is 16.4. The van der Waals surface area contributed by atoms with Crippen molar-refractivity contribution in [3.63, 3.8) is 0 Å². The van der Waals surface area contributed by atoms with Crippen LogP contribution in [0.4, 0.5) is 0 Å². The molecule has 0 aromatic carbocycles. The fourth-order valence-corrected chi connectivity index (χ4v) is 2.19. The van der Waals surface area contributed by atoms with E-state index in [-0.39, 0.29) is 17.0 Å². The number of aryl methyl sites for hydroxylation is 1. The number of Topliss-reactive ketones (excluding diaryl/α,β-unsaturated/α-hetero) is 1. The molecule has 0 radical (unpaired) electrons. The Hall–Kier alpha value is -1.65. The van der Waals surface area contributed by atoms with Crippen molar-refractivity contribution in [3.8, 4) is 0 Å². The molecule has 1 aromatic heterocycles. The molecule has 1 heterocycles. The second kappa shape index (κ2) is 7.82. The zero-order valence-corrected chi connectivity index (χ0v) is 12.6. The summed E-state index contributed by atoms with van der Waals surface area (Å²) >= 11 is 0. The number of nitrogens with zero attached hydrogens (tertiary/aromatic N) is 2. The highest BCUT2D eigenvalue weighted by atomic mass is 16.2. The Morgan fingerprint density at radius 1 is 1.10 bits per heavy atom. The highest BCUT2D eigenvalue weighted by Gasteiger charge is 2.11. The fourth-order valence-electron chi connectivity index (χ4n) is 2.19. The van der Waals surface area contributed by atoms with Gasteiger partial charge in [-0.15, -0.1) is 0 Å². The molecule has 0 aliphatic rings. The Kier molecular flexibility index (Phi) is 6.42. The summed E-state index contributed by atoms with van der Waals surface area (Å²) in [5, 5.41) is 0. The molecule has 112 valence electrons. The molecule has 0 fully saturated rings. The minimum Gasteiger partial charge on any atom is -0.300 e. The molecule has 5 heteroatoms. The average molecular weight is 280 g/mol. The highest BCUT2D eigenvalue weighted by Crippen LogP contribution is 2.05. The van der Waals surface area contributed by atoms with Crippen molar-refractivity contribution in [2.24, 2.45) is 7.05 Å². The van der Waals surface area contributed by atoms with Gasteiger partial charge < -0.3 is 0 Å². The monoisotopic (exact) mass is 280 g/mol. The van der Waals surface area contributed by atoms with Gasteiger partial charge in [0.15, 0.2) is 5.78 Å². The average Bonchev–Trinajstić information content (AvgIpc) is 2.42. The van der Waals surface area contributed by atoms with Crippen LogP contribution in [0, 0.1) is 0 Å². The number of hydrogen-bond donors (Lipinski definition) is 0. The third-order valence-electron chi connectivity index (χ3n) is 3.48. The maximum absolute atomic E-state index is 11.9. The van der Waals surface area contributed by atoms with Crippen LogP contribution in [0.3, 0.4) is 0 Å². The Morgan fingerprint density at radius 3 is 2.30 bits per heavy atom. The van der Waals surface area contributed by atoms with Crippen LogP contribution < -0.4 is 11.2 Å². The zero-order valence-electron chi connectivity index (χ0n) is 12.6. The molecule has 0 amide bonds. The molecule has 1 aromatic rings. The smallest absolute Gasteiger partial charge is 0.300 e. The van der Waals surface area contributed by atoms with Gasteiger partial charge in [-0.3, -0.25) is 18.7 Å². The molecule has 0 aliphatic carbocycles. The van der Waals surface area contributed by atoms with Crippen molar-refractivity contribution >= 4 is 5.78 Å². The van der Waals surface area contributed by atoms with Gasteiger partial charge in [0.05, 0.1) is 5.56 Å². The van der Waals surface area contributed by atoms with Gasteiger partial charge in [-0.05, 0) is 13.3 Å². The molecule has 0 atom stereocenters. The number of unbranched alkanes of at least 4 members (excludes halogenated alkanes) is 5. The molecule has 0 saturated heterocycles. The van der Waals surface area contributed by atoms with E-state index < -0.39 is 5.56 Å². The van der Waals surface area contributed by atoms with Gasteiger partial charge in [-0.1, -0.05) is 39.0 Å². The predicted octanol–water partition coefficient (Wildman–Crippen LogP) is 2.11. The third-order valence-corrected chi connectivity index (χ3v) is 3.48. The van der Waals surface area contributed by atoms with Crippen LogP contribution in [0.2, 0.25) is 0 Å². The lowest BCUT2D eigenvalue weighted by Crippen LogP contribution is -2.40. The lowest BCUT2D eigenvalue weighted by molar-refractivity contribution is 0.101. The number of ketones is 1. The highest BCUT2D eigenvalue weighted by molar-refractivity contribution is 5.93. The Bertz CT molecular complexity index is 569. The predicted molar refractivity (Wildman–Crippen MR) is 79.3 cm³/mol. The largest absolute Gasteiger partial charge is 0.330 e. The van der Waals surface area contributed by atoms with E-state index in [1.165, 1.54) is 44.0 Å². The van der Waals surface area contributed by atoms with Crippen LogP contribution in [0.25, 0.3) is 0 Å². The van der Waals surface area contributed by atoms with Gasteiger partial charge in [0, 0.05) is 19.8 Å². The number of aromatic nitrogens is 2. The molecule has 0 bridgehead atoms. The van der Waals surface area contributed by atoms with Crippen LogP contribution in [0.5, 0.6) is 0 Å². The topological polar surface area (TPSA) is 61.1 Å². The maximum atomic E-state index is 11.9. The molecular formula is C15H24N2O3. The van der Waals surface area contributed by atoms with E-state index in [9.17, 15) is 14.4 Å². The summed E-state index contributed by atoms with van der Waals surface area (Å²) in [7, 11) is 1.41. The Balaban J connectivity index is 2.73. The Morgan fingerprint density at radius 2 is 1.70 bits per heavy atom. The van der Waals surface area contributed by atoms with E-state index in [1.807, 2.05) is 0 Å². The first-order chi connectivity index (χ1) is 9.49. The number of carbonyl (C=O) groups is 1. The van der Waals surface area contributed by atoms with Gasteiger partial charge in [-0.2, -0.15) is 0 Å². The number of hydrogen-bond acceptors (Lipinski definition) is 3. The summed E-state index contributed by atoms with van der Waals surface area (Å²) in [6.07, 6.45) is 8.19. The standard InChI is InChI=1S/C15H24N2O3/c1-4-5-6-7-8-9-10-17-11-13(12(2)18)14(19)16(3)15(17)20/h11H,4-10H2,1-3H3. The Labute approximate surface area is 119 Å². The zero-order chi connectivity index (χ0) is 15.1. The van der Waals surface area contributed by atoms with E-state index in [0.29, 0.717) is 6.54 Å². The van der Waals surface area contributed by atoms with E-state index in [1.54, 1.807) is 0 Å². The summed E-state index contributed by atoms with van der Waals surface area (Å²) < 4.78 is 2.48. The van der Waals surface area contributed by atoms with Gasteiger partial charge >= 0.3 is 5.69 Å². The molecule has 0 saturated carbocycles. The van der Waals surface area contributed by atoms with Gasteiger partial charge in [-0.25, -0.2) is 4.79 Å². The quantitative estimate of drug-likeness (QED) is 0.541. The van der Waals surface area contributed by atoms with E-state index in [4.69, 9.17) is 0 Å². The van der Waals surface area contributed by atoms with Crippen LogP contribution in [0.1, 0.15) is 62.7 Å². The summed E-state index contributed by atoms with van der Waals surface area (Å²) in [4.78, 5) is 35.1. The molecular weight excluding hydrogens is 256 g/mol. The van der Waals surface area contributed by atoms with E-state index >= 15 is 0 Å². The second-order valence-electron chi connectivity index (χ2n) is 5.21. The van der Waals surface area contributed by atoms with Crippen molar-refractivity contribution in [3.05, 3.63) is 32.6 Å². The van der Waals surface area contributed by atoms with Gasteiger partial charge in [0.1, 0.15) is 0 Å². The van der Waals surface area contributed by atoms with Crippen LogP contribution in [0.15, 0.2) is 15.8 Å². The van der Waals surface area contributed by atoms with Crippen molar-refractivity contribution in [1.29, 1.82) is 0 Å². The van der Waals surface area contributed by atoms with Gasteiger partial charge in [0.2, 0.25) is 0 Å². The van der Waals surface area contributed by atoms with Crippen LogP contribution >= 0.6 is 0 Å². The minimum absolute atomic E-state index is 0.0816. The fraction of sp³-hybridized carbons (Fsp3) is 0.667. The summed E-state index contributed by atoms with van der Waals surface area (Å²) in [5.41, 5.74) is -0.784. The molecule has 5 nitrogen and oxygen atoms in total. The van der Waals surface area contributed by atoms with Crippen molar-refractivity contribution in [2.45, 2.75) is 58.9 Å². The lowest BCUT2D eigenvalue weighted by Gasteiger charge is -2.09. The van der Waals surface area contributed by atoms with Gasteiger partial charge in [0.25, 0.3) is 5.56 Å². The molecule has 0 unspecified atom stereocenters. The van der Waals surface area contributed by atoms with Crippen molar-refractivity contribution < 1.29 is 4.79 Å². The van der Waals surface area contributed by atoms with Crippen molar-refractivity contribution in [2.75, 3.05) is 0 Å². The minimum atomic E-state index is -0.512. The summed E-state index contributed by atoms with van der Waals surface area (Å²) in [6, 6.07) is 0. The summed E-state index contributed by atoms with van der Waals surface area (Å²) in [5.74, 6) is -0.303. The van der Waals surface area contributed by atoms with E-state index in [0.717, 1.165) is 23.8 Å². The number of carbonyl (C=O) groups excluding carboxylic acids is 1. The third kappa shape index (κ3) is 4.18. The van der Waals surface area contributed by atoms with Crippen LogP contribution in [-0.2, 0) is 13.6 Å². The first-order valence-electron chi connectivity index (χ1n) is 7.30. The van der Waals surface area contributed by atoms with Crippen molar-refractivity contribution in [1.82, 2.24) is 9.13 Å².